The van der Waals surface area contributed by atoms with Crippen molar-refractivity contribution in [1.82, 2.24) is 10.2 Å². The number of ether oxygens (including phenoxy) is 4. The van der Waals surface area contributed by atoms with Crippen LogP contribution in [0.15, 0.2) is 18.2 Å². The summed E-state index contributed by atoms with van der Waals surface area (Å²) in [7, 11) is -0.822. The molecule has 0 radical (unpaired) electrons. The van der Waals surface area contributed by atoms with Crippen LogP contribution in [0.5, 0.6) is 11.5 Å². The highest BCUT2D eigenvalue weighted by atomic mass is 32.2. The van der Waals surface area contributed by atoms with Gasteiger partial charge in [0.15, 0.2) is 17.8 Å². The Morgan fingerprint density at radius 3 is 2.59 bits per heavy atom. The maximum absolute atomic E-state index is 12.9. The van der Waals surface area contributed by atoms with Crippen LogP contribution in [-0.4, -0.2) is 88.6 Å². The van der Waals surface area contributed by atoms with Gasteiger partial charge in [0.1, 0.15) is 12.1 Å². The Bertz CT molecular complexity index is 980. The summed E-state index contributed by atoms with van der Waals surface area (Å²) < 4.78 is 50.5. The molecule has 0 aliphatic carbocycles. The number of carbonyl (C=O) groups is 2. The SMILES string of the molecule is COc1ccc(CN2C(=O)[C@@H](NC(=O)O)[C@H]2[C@H](COS(C)(=O)=O)OC2CCCCO2)cc1OC. The molecule has 1 aromatic carbocycles. The molecule has 34 heavy (non-hydrogen) atoms. The molecule has 12 nitrogen and oxygen atoms in total. The van der Waals surface area contributed by atoms with E-state index in [-0.39, 0.29) is 6.54 Å². The molecular formula is C21H30N2O10S. The van der Waals surface area contributed by atoms with Crippen LogP contribution in [0.4, 0.5) is 4.79 Å². The lowest BCUT2D eigenvalue weighted by atomic mass is 9.89. The monoisotopic (exact) mass is 502 g/mol. The van der Waals surface area contributed by atoms with Crippen LogP contribution in [-0.2, 0) is 35.1 Å². The number of hydrogen-bond donors (Lipinski definition) is 2. The topological polar surface area (TPSA) is 150 Å². The second kappa shape index (κ2) is 11.2. The molecule has 2 N–H and O–H groups in total. The fourth-order valence-corrected chi connectivity index (χ4v) is 4.43. The number of nitrogens with zero attached hydrogens (tertiary/aromatic N) is 1. The molecule has 0 spiro atoms. The van der Waals surface area contributed by atoms with Crippen molar-refractivity contribution in [2.75, 3.05) is 33.7 Å². The maximum atomic E-state index is 12.9. The molecular weight excluding hydrogens is 472 g/mol. The highest BCUT2D eigenvalue weighted by molar-refractivity contribution is 7.85. The summed E-state index contributed by atoms with van der Waals surface area (Å²) in [6.45, 7) is 0.183. The molecule has 2 aliphatic heterocycles. The minimum absolute atomic E-state index is 0.103. The first kappa shape index (κ1) is 26.0. The van der Waals surface area contributed by atoms with Crippen molar-refractivity contribution in [3.8, 4) is 11.5 Å². The fourth-order valence-electron chi connectivity index (χ4n) is 4.05. The number of benzene rings is 1. The van der Waals surface area contributed by atoms with Crippen molar-refractivity contribution < 1.29 is 46.2 Å². The zero-order valence-corrected chi connectivity index (χ0v) is 20.1. The molecule has 190 valence electrons. The highest BCUT2D eigenvalue weighted by Crippen LogP contribution is 2.33. The largest absolute Gasteiger partial charge is 0.493 e. The molecule has 2 saturated heterocycles. The van der Waals surface area contributed by atoms with Crippen molar-refractivity contribution in [2.45, 2.75) is 50.3 Å². The molecule has 2 aliphatic rings. The predicted molar refractivity (Wildman–Crippen MR) is 118 cm³/mol. The number of likely N-dealkylation sites (tertiary alicyclic amines) is 1. The molecule has 4 atom stereocenters. The van der Waals surface area contributed by atoms with Crippen LogP contribution in [0.1, 0.15) is 24.8 Å². The molecule has 1 aromatic rings. The Morgan fingerprint density at radius 1 is 1.26 bits per heavy atom. The molecule has 2 amide bonds. The van der Waals surface area contributed by atoms with Gasteiger partial charge in [-0.3, -0.25) is 8.98 Å². The first-order valence-electron chi connectivity index (χ1n) is 10.7. The third kappa shape index (κ3) is 6.50. The molecule has 0 bridgehead atoms. The van der Waals surface area contributed by atoms with Crippen molar-refractivity contribution in [2.24, 2.45) is 0 Å². The first-order chi connectivity index (χ1) is 16.1. The summed E-state index contributed by atoms with van der Waals surface area (Å²) in [6.07, 6.45) is 0.259. The summed E-state index contributed by atoms with van der Waals surface area (Å²) in [6, 6.07) is 3.18. The number of carbonyl (C=O) groups excluding carboxylic acids is 1. The van der Waals surface area contributed by atoms with E-state index in [1.165, 1.54) is 19.1 Å². The third-order valence-electron chi connectivity index (χ3n) is 5.62. The van der Waals surface area contributed by atoms with Gasteiger partial charge in [0.25, 0.3) is 10.1 Å². The van der Waals surface area contributed by atoms with Gasteiger partial charge < -0.3 is 34.3 Å². The van der Waals surface area contributed by atoms with Crippen molar-refractivity contribution >= 4 is 22.1 Å². The lowest BCUT2D eigenvalue weighted by molar-refractivity contribution is -0.219. The number of amides is 2. The van der Waals surface area contributed by atoms with Gasteiger partial charge >= 0.3 is 6.09 Å². The van der Waals surface area contributed by atoms with Crippen molar-refractivity contribution in [1.29, 1.82) is 0 Å². The van der Waals surface area contributed by atoms with E-state index in [4.69, 9.17) is 23.1 Å². The average molecular weight is 503 g/mol. The van der Waals surface area contributed by atoms with Crippen molar-refractivity contribution in [3.05, 3.63) is 23.8 Å². The molecule has 0 saturated carbocycles. The lowest BCUT2D eigenvalue weighted by Gasteiger charge is -2.50. The molecule has 0 aromatic heterocycles. The number of nitrogens with one attached hydrogen (secondary N) is 1. The van der Waals surface area contributed by atoms with Crippen LogP contribution in [0.25, 0.3) is 0 Å². The smallest absolute Gasteiger partial charge is 0.405 e. The van der Waals surface area contributed by atoms with Gasteiger partial charge in [-0.15, -0.1) is 0 Å². The van der Waals surface area contributed by atoms with Crippen LogP contribution in [0.2, 0.25) is 0 Å². The summed E-state index contributed by atoms with van der Waals surface area (Å²) in [4.78, 5) is 25.6. The quantitative estimate of drug-likeness (QED) is 0.330. The summed E-state index contributed by atoms with van der Waals surface area (Å²) in [5.41, 5.74) is 0.696. The zero-order valence-electron chi connectivity index (χ0n) is 19.3. The Morgan fingerprint density at radius 2 is 2.00 bits per heavy atom. The van der Waals surface area contributed by atoms with E-state index in [1.807, 2.05) is 0 Å². The molecule has 13 heteroatoms. The Labute approximate surface area is 198 Å². The Balaban J connectivity index is 1.87. The standard InChI is InChI=1S/C21H30N2O10S/c1-29-14-8-7-13(10-15(14)30-2)11-23-19(18(20(23)24)22-21(25)26)16(12-32-34(3,27)28)33-17-6-4-5-9-31-17/h7-8,10,16-19,22H,4-6,9,11-12H2,1-3H3,(H,25,26)/t16-,17?,18-,19+/m0/s1. The summed E-state index contributed by atoms with van der Waals surface area (Å²) in [5, 5.41) is 11.4. The second-order valence-corrected chi connectivity index (χ2v) is 9.68. The van der Waals surface area contributed by atoms with Crippen LogP contribution >= 0.6 is 0 Å². The van der Waals surface area contributed by atoms with E-state index in [0.717, 1.165) is 19.1 Å². The number of rotatable bonds is 11. The highest BCUT2D eigenvalue weighted by Gasteiger charge is 2.53. The van der Waals surface area contributed by atoms with Gasteiger partial charge in [0.2, 0.25) is 5.91 Å². The van der Waals surface area contributed by atoms with Gasteiger partial charge in [0.05, 0.1) is 33.1 Å². The normalized spacial score (nSPS) is 23.7. The van der Waals surface area contributed by atoms with Gasteiger partial charge in [-0.2, -0.15) is 8.42 Å². The van der Waals surface area contributed by atoms with Crippen LogP contribution in [0.3, 0.4) is 0 Å². The molecule has 2 fully saturated rings. The predicted octanol–water partition coefficient (Wildman–Crippen LogP) is 0.939. The van der Waals surface area contributed by atoms with Crippen LogP contribution < -0.4 is 14.8 Å². The van der Waals surface area contributed by atoms with E-state index in [2.05, 4.69) is 5.32 Å². The lowest BCUT2D eigenvalue weighted by Crippen LogP contribution is -2.74. The zero-order chi connectivity index (χ0) is 24.9. The van der Waals surface area contributed by atoms with E-state index < -0.39 is 53.2 Å². The number of β-lactam (4-membered cyclic amide) rings is 1. The number of hydrogen-bond acceptors (Lipinski definition) is 9. The first-order valence-corrected chi connectivity index (χ1v) is 12.6. The Kier molecular flexibility index (Phi) is 8.57. The number of carboxylic acid groups (broad SMARTS) is 1. The maximum Gasteiger partial charge on any atom is 0.405 e. The van der Waals surface area contributed by atoms with E-state index in [9.17, 15) is 23.1 Å². The van der Waals surface area contributed by atoms with E-state index >= 15 is 0 Å². The minimum Gasteiger partial charge on any atom is -0.493 e. The molecule has 2 heterocycles. The fraction of sp³-hybridized carbons (Fsp3) is 0.619. The van der Waals surface area contributed by atoms with Gasteiger partial charge in [-0.05, 0) is 37.0 Å². The number of methoxy groups -OCH3 is 2. The molecule has 3 rings (SSSR count). The summed E-state index contributed by atoms with van der Waals surface area (Å²) in [5.74, 6) is 0.508. The third-order valence-corrected chi connectivity index (χ3v) is 6.19. The minimum atomic E-state index is -3.82. The van der Waals surface area contributed by atoms with Crippen LogP contribution in [0, 0.1) is 0 Å². The van der Waals surface area contributed by atoms with Gasteiger partial charge in [0, 0.05) is 13.2 Å². The van der Waals surface area contributed by atoms with Gasteiger partial charge in [-0.1, -0.05) is 6.07 Å². The van der Waals surface area contributed by atoms with Crippen molar-refractivity contribution in [3.63, 3.8) is 0 Å². The average Bonchev–Trinajstić information content (AvgIpc) is 2.80. The summed E-state index contributed by atoms with van der Waals surface area (Å²) >= 11 is 0. The molecule has 1 unspecified atom stereocenters. The van der Waals surface area contributed by atoms with E-state index in [1.54, 1.807) is 18.2 Å². The second-order valence-electron chi connectivity index (χ2n) is 8.03. The van der Waals surface area contributed by atoms with E-state index in [0.29, 0.717) is 30.1 Å². The van der Waals surface area contributed by atoms with Gasteiger partial charge in [-0.25, -0.2) is 4.79 Å². The Hall–Kier alpha value is -2.61.